The van der Waals surface area contributed by atoms with E-state index in [0.29, 0.717) is 12.4 Å². The quantitative estimate of drug-likeness (QED) is 0.465. The topological polar surface area (TPSA) is 59.0 Å². The SMILES string of the molecule is CCOc1ccc2ccccc2c1C=NN1C(=O)[C@H]2[C@H](C1=O)[C@H]1C=C[C@H]2CC1. The number of carbonyl (C=O) groups is 2. The lowest BCUT2D eigenvalue weighted by Crippen LogP contribution is -2.38. The maximum atomic E-state index is 13.0. The van der Waals surface area contributed by atoms with Gasteiger partial charge in [-0.1, -0.05) is 42.5 Å². The van der Waals surface area contributed by atoms with E-state index < -0.39 is 0 Å². The fourth-order valence-corrected chi connectivity index (χ4v) is 4.98. The predicted octanol–water partition coefficient (Wildman–Crippen LogP) is 3.77. The van der Waals surface area contributed by atoms with E-state index in [4.69, 9.17) is 4.74 Å². The van der Waals surface area contributed by atoms with Gasteiger partial charge in [0.2, 0.25) is 0 Å². The van der Waals surface area contributed by atoms with Gasteiger partial charge in [-0.05, 0) is 48.4 Å². The lowest BCUT2D eigenvalue weighted by molar-refractivity contribution is -0.140. The van der Waals surface area contributed by atoms with Crippen molar-refractivity contribution in [3.63, 3.8) is 0 Å². The molecule has 4 aliphatic rings. The molecule has 142 valence electrons. The molecule has 2 aromatic carbocycles. The first-order valence-electron chi connectivity index (χ1n) is 9.93. The maximum Gasteiger partial charge on any atom is 0.254 e. The van der Waals surface area contributed by atoms with Gasteiger partial charge in [-0.25, -0.2) is 0 Å². The Morgan fingerprint density at radius 2 is 1.71 bits per heavy atom. The molecule has 0 N–H and O–H groups in total. The van der Waals surface area contributed by atoms with Crippen LogP contribution in [0.25, 0.3) is 10.8 Å². The van der Waals surface area contributed by atoms with Crippen LogP contribution in [0.4, 0.5) is 0 Å². The molecule has 1 aliphatic heterocycles. The van der Waals surface area contributed by atoms with E-state index in [0.717, 1.165) is 34.2 Å². The van der Waals surface area contributed by atoms with E-state index >= 15 is 0 Å². The van der Waals surface area contributed by atoms with Gasteiger partial charge in [0.15, 0.2) is 0 Å². The lowest BCUT2D eigenvalue weighted by atomic mass is 9.63. The number of nitrogens with zero attached hydrogens (tertiary/aromatic N) is 2. The molecule has 2 fully saturated rings. The Bertz CT molecular complexity index is 994. The highest BCUT2D eigenvalue weighted by atomic mass is 16.5. The Morgan fingerprint density at radius 1 is 1.04 bits per heavy atom. The van der Waals surface area contributed by atoms with E-state index in [1.165, 1.54) is 0 Å². The van der Waals surface area contributed by atoms with Crippen LogP contribution in [0.15, 0.2) is 53.7 Å². The summed E-state index contributed by atoms with van der Waals surface area (Å²) in [7, 11) is 0. The van der Waals surface area contributed by atoms with Gasteiger partial charge in [-0.15, -0.1) is 0 Å². The fourth-order valence-electron chi connectivity index (χ4n) is 4.98. The third-order valence-electron chi connectivity index (χ3n) is 6.27. The highest BCUT2D eigenvalue weighted by Crippen LogP contribution is 2.49. The first-order valence-corrected chi connectivity index (χ1v) is 9.93. The minimum absolute atomic E-state index is 0.163. The van der Waals surface area contributed by atoms with Crippen LogP contribution in [0.5, 0.6) is 5.75 Å². The van der Waals surface area contributed by atoms with Crippen LogP contribution in [0, 0.1) is 23.7 Å². The van der Waals surface area contributed by atoms with E-state index in [1.807, 2.05) is 43.3 Å². The number of ether oxygens (including phenoxy) is 1. The fraction of sp³-hybridized carbons (Fsp3) is 0.348. The summed E-state index contributed by atoms with van der Waals surface area (Å²) >= 11 is 0. The van der Waals surface area contributed by atoms with Crippen molar-refractivity contribution in [1.82, 2.24) is 5.01 Å². The van der Waals surface area contributed by atoms with Crippen LogP contribution in [0.1, 0.15) is 25.3 Å². The van der Waals surface area contributed by atoms with Crippen molar-refractivity contribution in [1.29, 1.82) is 0 Å². The molecule has 0 unspecified atom stereocenters. The summed E-state index contributed by atoms with van der Waals surface area (Å²) < 4.78 is 5.76. The monoisotopic (exact) mass is 374 g/mol. The molecule has 0 aromatic heterocycles. The predicted molar refractivity (Wildman–Crippen MR) is 107 cm³/mol. The first-order chi connectivity index (χ1) is 13.7. The van der Waals surface area contributed by atoms with Crippen molar-refractivity contribution < 1.29 is 14.3 Å². The van der Waals surface area contributed by atoms with Gasteiger partial charge >= 0.3 is 0 Å². The van der Waals surface area contributed by atoms with Gasteiger partial charge in [0.1, 0.15) is 5.75 Å². The Kier molecular flexibility index (Phi) is 4.04. The largest absolute Gasteiger partial charge is 0.493 e. The molecule has 28 heavy (non-hydrogen) atoms. The average molecular weight is 374 g/mol. The summed E-state index contributed by atoms with van der Waals surface area (Å²) in [6, 6.07) is 11.9. The van der Waals surface area contributed by atoms with Gasteiger partial charge in [0, 0.05) is 5.56 Å². The van der Waals surface area contributed by atoms with Crippen LogP contribution < -0.4 is 4.74 Å². The van der Waals surface area contributed by atoms with Crippen molar-refractivity contribution >= 4 is 28.8 Å². The van der Waals surface area contributed by atoms with Crippen LogP contribution in [0.3, 0.4) is 0 Å². The van der Waals surface area contributed by atoms with E-state index in [9.17, 15) is 9.59 Å². The molecule has 5 heteroatoms. The molecule has 1 saturated carbocycles. The number of hydrogen-bond donors (Lipinski definition) is 0. The molecule has 0 spiro atoms. The van der Waals surface area contributed by atoms with Gasteiger partial charge in [0.05, 0.1) is 24.7 Å². The standard InChI is InChI=1S/C23H22N2O3/c1-2-28-19-12-11-14-5-3-4-6-17(14)18(19)13-24-25-22(26)20-15-7-8-16(10-9-15)21(20)23(25)27/h3-8,11-13,15-16,20-21H,2,9-10H2,1H3/t15-,16-,20+,21+/m0/s1. The smallest absolute Gasteiger partial charge is 0.254 e. The average Bonchev–Trinajstić information content (AvgIpc) is 3.00. The van der Waals surface area contributed by atoms with Crippen molar-refractivity contribution in [3.05, 3.63) is 54.1 Å². The second-order valence-electron chi connectivity index (χ2n) is 7.71. The third-order valence-corrected chi connectivity index (χ3v) is 6.27. The summed E-state index contributed by atoms with van der Waals surface area (Å²) in [6.07, 6.45) is 7.81. The summed E-state index contributed by atoms with van der Waals surface area (Å²) in [5.74, 6) is 0.223. The van der Waals surface area contributed by atoms with Gasteiger partial charge in [-0.2, -0.15) is 10.1 Å². The number of fused-ring (bicyclic) bond motifs is 2. The minimum atomic E-state index is -0.243. The van der Waals surface area contributed by atoms with Crippen LogP contribution in [-0.4, -0.2) is 29.6 Å². The van der Waals surface area contributed by atoms with E-state index in [1.54, 1.807) is 6.21 Å². The van der Waals surface area contributed by atoms with E-state index in [2.05, 4.69) is 17.3 Å². The first kappa shape index (κ1) is 17.2. The molecule has 5 nitrogen and oxygen atoms in total. The van der Waals surface area contributed by atoms with Crippen molar-refractivity contribution in [2.75, 3.05) is 6.61 Å². The van der Waals surface area contributed by atoms with E-state index in [-0.39, 0.29) is 35.5 Å². The van der Waals surface area contributed by atoms with Crippen LogP contribution in [-0.2, 0) is 9.59 Å². The van der Waals surface area contributed by atoms with Gasteiger partial charge in [0.25, 0.3) is 11.8 Å². The third kappa shape index (κ3) is 2.49. The zero-order chi connectivity index (χ0) is 19.3. The Balaban J connectivity index is 1.52. The Morgan fingerprint density at radius 3 is 2.36 bits per heavy atom. The zero-order valence-corrected chi connectivity index (χ0v) is 15.7. The second kappa shape index (κ2) is 6.59. The number of carbonyl (C=O) groups excluding carboxylic acids is 2. The van der Waals surface area contributed by atoms with Gasteiger partial charge < -0.3 is 4.74 Å². The molecule has 3 aliphatic carbocycles. The molecule has 2 bridgehead atoms. The molecule has 4 atom stereocenters. The number of rotatable bonds is 4. The van der Waals surface area contributed by atoms with Crippen molar-refractivity contribution in [3.8, 4) is 5.75 Å². The van der Waals surface area contributed by atoms with Crippen molar-refractivity contribution in [2.45, 2.75) is 19.8 Å². The summed E-state index contributed by atoms with van der Waals surface area (Å²) in [5.41, 5.74) is 0.788. The lowest BCUT2D eigenvalue weighted by Gasteiger charge is -2.37. The second-order valence-corrected chi connectivity index (χ2v) is 7.71. The zero-order valence-electron chi connectivity index (χ0n) is 15.7. The molecule has 6 rings (SSSR count). The molecule has 1 heterocycles. The summed E-state index contributed by atoms with van der Waals surface area (Å²) in [5, 5.41) is 7.51. The minimum Gasteiger partial charge on any atom is -0.493 e. The molecular weight excluding hydrogens is 352 g/mol. The number of hydrogen-bond acceptors (Lipinski definition) is 4. The normalized spacial score (nSPS) is 28.5. The number of allylic oxidation sites excluding steroid dienone is 2. The maximum absolute atomic E-state index is 13.0. The highest BCUT2D eigenvalue weighted by Gasteiger charge is 2.56. The van der Waals surface area contributed by atoms with Crippen LogP contribution >= 0.6 is 0 Å². The number of benzene rings is 2. The number of hydrazone groups is 1. The van der Waals surface area contributed by atoms with Crippen LogP contribution in [0.2, 0.25) is 0 Å². The molecule has 1 saturated heterocycles. The van der Waals surface area contributed by atoms with Crippen molar-refractivity contribution in [2.24, 2.45) is 28.8 Å². The molecule has 2 amide bonds. The Hall–Kier alpha value is -2.95. The summed E-state index contributed by atoms with van der Waals surface area (Å²) in [6.45, 7) is 2.46. The molecule has 2 aromatic rings. The molecule has 0 radical (unpaired) electrons. The number of amides is 2. The van der Waals surface area contributed by atoms with Gasteiger partial charge in [-0.3, -0.25) is 9.59 Å². The number of imide groups is 1. The molecular formula is C23H22N2O3. The highest BCUT2D eigenvalue weighted by molar-refractivity contribution is 6.08. The Labute approximate surface area is 163 Å². The summed E-state index contributed by atoms with van der Waals surface area (Å²) in [4.78, 5) is 25.9.